The highest BCUT2D eigenvalue weighted by molar-refractivity contribution is 5.38. The summed E-state index contributed by atoms with van der Waals surface area (Å²) in [6.07, 6.45) is -4.47. The van der Waals surface area contributed by atoms with Gasteiger partial charge < -0.3 is 4.90 Å². The highest BCUT2D eigenvalue weighted by Gasteiger charge is 2.35. The standard InChI is InChI=1S/C14H19F4N/c1-13(2,3)11-7-10(14(16,17)18)9(6-12(11)15)8-19(4)5/h6-7H,8H2,1-5H3. The molecule has 108 valence electrons. The first kappa shape index (κ1) is 16.0. The van der Waals surface area contributed by atoms with Gasteiger partial charge in [-0.05, 0) is 42.8 Å². The smallest absolute Gasteiger partial charge is 0.305 e. The molecule has 0 unspecified atom stereocenters. The predicted octanol–water partition coefficient (Wildman–Crippen LogP) is 4.20. The summed E-state index contributed by atoms with van der Waals surface area (Å²) in [6.45, 7) is 5.13. The van der Waals surface area contributed by atoms with Crippen LogP contribution >= 0.6 is 0 Å². The Balaban J connectivity index is 3.46. The van der Waals surface area contributed by atoms with E-state index >= 15 is 0 Å². The lowest BCUT2D eigenvalue weighted by Gasteiger charge is -2.24. The summed E-state index contributed by atoms with van der Waals surface area (Å²) in [5.41, 5.74) is -1.38. The van der Waals surface area contributed by atoms with Crippen LogP contribution in [-0.4, -0.2) is 19.0 Å². The second-order valence-corrected chi connectivity index (χ2v) is 5.97. The molecule has 0 bridgehead atoms. The Morgan fingerprint density at radius 1 is 1.00 bits per heavy atom. The van der Waals surface area contributed by atoms with Gasteiger partial charge >= 0.3 is 6.18 Å². The lowest BCUT2D eigenvalue weighted by atomic mass is 9.84. The Kier molecular flexibility index (Phi) is 4.30. The fourth-order valence-electron chi connectivity index (χ4n) is 1.92. The van der Waals surface area contributed by atoms with Crippen molar-refractivity contribution < 1.29 is 17.6 Å². The van der Waals surface area contributed by atoms with Crippen LogP contribution in [0.4, 0.5) is 17.6 Å². The number of benzene rings is 1. The van der Waals surface area contributed by atoms with Crippen LogP contribution in [0.1, 0.15) is 37.5 Å². The van der Waals surface area contributed by atoms with E-state index in [2.05, 4.69) is 0 Å². The lowest BCUT2D eigenvalue weighted by Crippen LogP contribution is -2.21. The van der Waals surface area contributed by atoms with Gasteiger partial charge in [0.1, 0.15) is 5.82 Å². The van der Waals surface area contributed by atoms with Crippen LogP contribution < -0.4 is 0 Å². The Labute approximate surface area is 111 Å². The van der Waals surface area contributed by atoms with Crippen molar-refractivity contribution in [1.82, 2.24) is 4.90 Å². The second kappa shape index (κ2) is 5.12. The maximum absolute atomic E-state index is 14.0. The second-order valence-electron chi connectivity index (χ2n) is 5.97. The number of rotatable bonds is 2. The highest BCUT2D eigenvalue weighted by atomic mass is 19.4. The third-order valence-corrected chi connectivity index (χ3v) is 2.79. The summed E-state index contributed by atoms with van der Waals surface area (Å²) >= 11 is 0. The molecule has 0 amide bonds. The molecule has 0 saturated carbocycles. The van der Waals surface area contributed by atoms with Gasteiger partial charge in [-0.2, -0.15) is 13.2 Å². The Hall–Kier alpha value is -1.10. The quantitative estimate of drug-likeness (QED) is 0.732. The Bertz CT molecular complexity index is 456. The first-order chi connectivity index (χ1) is 8.43. The van der Waals surface area contributed by atoms with Crippen LogP contribution in [0.3, 0.4) is 0 Å². The monoisotopic (exact) mass is 277 g/mol. The van der Waals surface area contributed by atoms with Crippen molar-refractivity contribution in [2.75, 3.05) is 14.1 Å². The molecule has 1 nitrogen and oxygen atoms in total. The first-order valence-electron chi connectivity index (χ1n) is 5.97. The van der Waals surface area contributed by atoms with Crippen LogP contribution in [0.15, 0.2) is 12.1 Å². The summed E-state index contributed by atoms with van der Waals surface area (Å²) in [4.78, 5) is 1.58. The molecule has 19 heavy (non-hydrogen) atoms. The maximum Gasteiger partial charge on any atom is 0.416 e. The van der Waals surface area contributed by atoms with Crippen LogP contribution in [0.5, 0.6) is 0 Å². The zero-order valence-corrected chi connectivity index (χ0v) is 11.8. The Morgan fingerprint density at radius 2 is 1.53 bits per heavy atom. The van der Waals surface area contributed by atoms with E-state index in [1.54, 1.807) is 39.8 Å². The molecule has 0 heterocycles. The molecular weight excluding hydrogens is 258 g/mol. The average molecular weight is 277 g/mol. The van der Waals surface area contributed by atoms with E-state index in [9.17, 15) is 17.6 Å². The SMILES string of the molecule is CN(C)Cc1cc(F)c(C(C)(C)C)cc1C(F)(F)F. The minimum Gasteiger partial charge on any atom is -0.305 e. The van der Waals surface area contributed by atoms with E-state index in [1.165, 1.54) is 0 Å². The van der Waals surface area contributed by atoms with E-state index in [4.69, 9.17) is 0 Å². The number of hydrogen-bond acceptors (Lipinski definition) is 1. The summed E-state index contributed by atoms with van der Waals surface area (Å²) in [7, 11) is 3.30. The molecule has 0 N–H and O–H groups in total. The van der Waals surface area contributed by atoms with Gasteiger partial charge in [0, 0.05) is 6.54 Å². The zero-order valence-electron chi connectivity index (χ0n) is 11.8. The van der Waals surface area contributed by atoms with Crippen LogP contribution in [-0.2, 0) is 18.1 Å². The van der Waals surface area contributed by atoms with Gasteiger partial charge in [-0.25, -0.2) is 4.39 Å². The maximum atomic E-state index is 14.0. The molecule has 0 saturated heterocycles. The fraction of sp³-hybridized carbons (Fsp3) is 0.571. The summed E-state index contributed by atoms with van der Waals surface area (Å²) < 4.78 is 53.2. The van der Waals surface area contributed by atoms with E-state index in [1.807, 2.05) is 0 Å². The van der Waals surface area contributed by atoms with Crippen LogP contribution in [0, 0.1) is 5.82 Å². The first-order valence-corrected chi connectivity index (χ1v) is 5.97. The molecule has 0 aliphatic carbocycles. The molecule has 1 aromatic carbocycles. The highest BCUT2D eigenvalue weighted by Crippen LogP contribution is 2.37. The normalized spacial score (nSPS) is 13.2. The number of alkyl halides is 3. The predicted molar refractivity (Wildman–Crippen MR) is 67.5 cm³/mol. The van der Waals surface area contributed by atoms with Gasteiger partial charge in [0.25, 0.3) is 0 Å². The van der Waals surface area contributed by atoms with Crippen molar-refractivity contribution >= 4 is 0 Å². The van der Waals surface area contributed by atoms with Gasteiger partial charge in [-0.3, -0.25) is 0 Å². The minimum absolute atomic E-state index is 0.0389. The minimum atomic E-state index is -4.47. The van der Waals surface area contributed by atoms with E-state index in [-0.39, 0.29) is 17.7 Å². The molecule has 1 aromatic rings. The molecule has 0 radical (unpaired) electrons. The molecule has 0 aliphatic rings. The topological polar surface area (TPSA) is 3.24 Å². The molecule has 0 aromatic heterocycles. The third-order valence-electron chi connectivity index (χ3n) is 2.79. The van der Waals surface area contributed by atoms with Crippen LogP contribution in [0.25, 0.3) is 0 Å². The van der Waals surface area contributed by atoms with Crippen molar-refractivity contribution in [3.8, 4) is 0 Å². The largest absolute Gasteiger partial charge is 0.416 e. The van der Waals surface area contributed by atoms with Crippen molar-refractivity contribution in [2.24, 2.45) is 0 Å². The molecule has 0 fully saturated rings. The van der Waals surface area contributed by atoms with Crippen molar-refractivity contribution in [1.29, 1.82) is 0 Å². The molecule has 0 spiro atoms. The number of halogens is 4. The van der Waals surface area contributed by atoms with Gasteiger partial charge in [-0.1, -0.05) is 20.8 Å². The van der Waals surface area contributed by atoms with E-state index < -0.39 is 23.0 Å². The van der Waals surface area contributed by atoms with Gasteiger partial charge in [0.15, 0.2) is 0 Å². The van der Waals surface area contributed by atoms with E-state index in [0.717, 1.165) is 12.1 Å². The molecule has 0 atom stereocenters. The van der Waals surface area contributed by atoms with Gasteiger partial charge in [0.2, 0.25) is 0 Å². The van der Waals surface area contributed by atoms with Gasteiger partial charge in [0.05, 0.1) is 5.56 Å². The lowest BCUT2D eigenvalue weighted by molar-refractivity contribution is -0.138. The van der Waals surface area contributed by atoms with Crippen molar-refractivity contribution in [3.63, 3.8) is 0 Å². The summed E-state index contributed by atoms with van der Waals surface area (Å²) in [5, 5.41) is 0. The zero-order chi connectivity index (χ0) is 15.0. The molecular formula is C14H19F4N. The molecule has 0 aliphatic heterocycles. The summed E-state index contributed by atoms with van der Waals surface area (Å²) in [5.74, 6) is -0.586. The number of hydrogen-bond donors (Lipinski definition) is 0. The fourth-order valence-corrected chi connectivity index (χ4v) is 1.92. The third kappa shape index (κ3) is 3.93. The van der Waals surface area contributed by atoms with Crippen LogP contribution in [0.2, 0.25) is 0 Å². The van der Waals surface area contributed by atoms with E-state index in [0.29, 0.717) is 0 Å². The Morgan fingerprint density at radius 3 is 1.89 bits per heavy atom. The average Bonchev–Trinajstić information content (AvgIpc) is 2.11. The van der Waals surface area contributed by atoms with Crippen molar-refractivity contribution in [2.45, 2.75) is 38.9 Å². The molecule has 5 heteroatoms. The van der Waals surface area contributed by atoms with Gasteiger partial charge in [-0.15, -0.1) is 0 Å². The van der Waals surface area contributed by atoms with Crippen molar-refractivity contribution in [3.05, 3.63) is 34.6 Å². The summed E-state index contributed by atoms with van der Waals surface area (Å²) in [6, 6.07) is 1.94. The molecule has 1 rings (SSSR count). The number of nitrogens with zero attached hydrogens (tertiary/aromatic N) is 1.